The molecular weight excluding hydrogens is 160 g/mol. The molecule has 0 aromatic carbocycles. The van der Waals surface area contributed by atoms with Crippen molar-refractivity contribution in [1.82, 2.24) is 0 Å². The standard InChI is InChI=1S/C9H15ClO/c1-6(2)8(11)9(5,10)7(3)4/h6H,3H2,1-2,4-5H3. The Hall–Kier alpha value is -0.300. The lowest BCUT2D eigenvalue weighted by Gasteiger charge is -2.22. The Morgan fingerprint density at radius 2 is 1.91 bits per heavy atom. The molecule has 0 N–H and O–H groups in total. The van der Waals surface area contributed by atoms with E-state index in [-0.39, 0.29) is 11.7 Å². The van der Waals surface area contributed by atoms with Crippen molar-refractivity contribution in [3.8, 4) is 0 Å². The van der Waals surface area contributed by atoms with E-state index in [1.165, 1.54) is 0 Å². The van der Waals surface area contributed by atoms with Crippen LogP contribution in [0.25, 0.3) is 0 Å². The predicted octanol–water partition coefficient (Wildman–Crippen LogP) is 2.79. The first-order valence-corrected chi connectivity index (χ1v) is 4.07. The molecule has 1 nitrogen and oxygen atoms in total. The number of hydrogen-bond acceptors (Lipinski definition) is 1. The van der Waals surface area contributed by atoms with Gasteiger partial charge in [0.25, 0.3) is 0 Å². The summed E-state index contributed by atoms with van der Waals surface area (Å²) in [5, 5.41) is 0. The van der Waals surface area contributed by atoms with Crippen LogP contribution < -0.4 is 0 Å². The molecule has 1 atom stereocenters. The number of halogens is 1. The van der Waals surface area contributed by atoms with Crippen molar-refractivity contribution in [2.45, 2.75) is 32.6 Å². The molecule has 0 fully saturated rings. The predicted molar refractivity (Wildman–Crippen MR) is 48.9 cm³/mol. The van der Waals surface area contributed by atoms with Crippen molar-refractivity contribution < 1.29 is 4.79 Å². The van der Waals surface area contributed by atoms with Crippen LogP contribution >= 0.6 is 11.6 Å². The Balaban J connectivity index is 4.56. The van der Waals surface area contributed by atoms with Gasteiger partial charge >= 0.3 is 0 Å². The van der Waals surface area contributed by atoms with Crippen LogP contribution in [0.2, 0.25) is 0 Å². The highest BCUT2D eigenvalue weighted by Gasteiger charge is 2.32. The van der Waals surface area contributed by atoms with Crippen LogP contribution in [0.5, 0.6) is 0 Å². The van der Waals surface area contributed by atoms with E-state index in [9.17, 15) is 4.79 Å². The fourth-order valence-electron chi connectivity index (χ4n) is 0.752. The van der Waals surface area contributed by atoms with Gasteiger partial charge in [0.15, 0.2) is 5.78 Å². The van der Waals surface area contributed by atoms with Gasteiger partial charge in [-0.3, -0.25) is 4.79 Å². The third kappa shape index (κ3) is 2.33. The molecule has 0 aromatic heterocycles. The van der Waals surface area contributed by atoms with Gasteiger partial charge in [0.05, 0.1) is 0 Å². The molecule has 0 spiro atoms. The van der Waals surface area contributed by atoms with Gasteiger partial charge in [-0.05, 0) is 13.8 Å². The maximum atomic E-state index is 11.4. The van der Waals surface area contributed by atoms with Crippen molar-refractivity contribution >= 4 is 17.4 Å². The second-order valence-electron chi connectivity index (χ2n) is 3.30. The minimum Gasteiger partial charge on any atom is -0.297 e. The van der Waals surface area contributed by atoms with Crippen molar-refractivity contribution in [2.24, 2.45) is 5.92 Å². The number of rotatable bonds is 3. The van der Waals surface area contributed by atoms with Crippen LogP contribution in [-0.2, 0) is 4.79 Å². The van der Waals surface area contributed by atoms with Gasteiger partial charge in [-0.2, -0.15) is 0 Å². The summed E-state index contributed by atoms with van der Waals surface area (Å²) in [6.07, 6.45) is 0. The number of carbonyl (C=O) groups excluding carboxylic acids is 1. The lowest BCUT2D eigenvalue weighted by Crippen LogP contribution is -2.33. The molecular formula is C9H15ClO. The summed E-state index contributed by atoms with van der Waals surface area (Å²) in [7, 11) is 0. The maximum Gasteiger partial charge on any atom is 0.160 e. The Morgan fingerprint density at radius 3 is 2.00 bits per heavy atom. The third-order valence-electron chi connectivity index (χ3n) is 1.79. The summed E-state index contributed by atoms with van der Waals surface area (Å²) < 4.78 is 0. The van der Waals surface area contributed by atoms with E-state index in [0.717, 1.165) is 0 Å². The van der Waals surface area contributed by atoms with E-state index in [1.807, 2.05) is 13.8 Å². The Labute approximate surface area is 73.4 Å². The monoisotopic (exact) mass is 174 g/mol. The van der Waals surface area contributed by atoms with E-state index in [0.29, 0.717) is 5.57 Å². The average Bonchev–Trinajstić information content (AvgIpc) is 1.85. The molecule has 0 aliphatic heterocycles. The van der Waals surface area contributed by atoms with Crippen LogP contribution in [0.3, 0.4) is 0 Å². The zero-order valence-electron chi connectivity index (χ0n) is 7.57. The normalized spacial score (nSPS) is 16.2. The summed E-state index contributed by atoms with van der Waals surface area (Å²) in [4.78, 5) is 10.5. The fourth-order valence-corrected chi connectivity index (χ4v) is 0.971. The first-order chi connectivity index (χ1) is 4.80. The minimum absolute atomic E-state index is 0.0331. The van der Waals surface area contributed by atoms with Gasteiger partial charge in [-0.1, -0.05) is 26.0 Å². The number of Topliss-reactive ketones (excluding diaryl/α,β-unsaturated/α-hetero) is 1. The van der Waals surface area contributed by atoms with Gasteiger partial charge in [-0.15, -0.1) is 11.6 Å². The first-order valence-electron chi connectivity index (χ1n) is 3.69. The van der Waals surface area contributed by atoms with Crippen molar-refractivity contribution in [1.29, 1.82) is 0 Å². The van der Waals surface area contributed by atoms with Crippen LogP contribution in [0, 0.1) is 5.92 Å². The molecule has 0 aromatic rings. The van der Waals surface area contributed by atoms with Crippen molar-refractivity contribution in [3.05, 3.63) is 12.2 Å². The maximum absolute atomic E-state index is 11.4. The van der Waals surface area contributed by atoms with E-state index in [4.69, 9.17) is 11.6 Å². The van der Waals surface area contributed by atoms with Gasteiger partial charge < -0.3 is 0 Å². The van der Waals surface area contributed by atoms with E-state index in [1.54, 1.807) is 13.8 Å². The molecule has 0 saturated carbocycles. The highest BCUT2D eigenvalue weighted by atomic mass is 35.5. The zero-order valence-corrected chi connectivity index (χ0v) is 8.33. The molecule has 0 aliphatic rings. The molecule has 2 heteroatoms. The largest absolute Gasteiger partial charge is 0.297 e. The third-order valence-corrected chi connectivity index (χ3v) is 2.30. The molecule has 0 saturated heterocycles. The molecule has 64 valence electrons. The van der Waals surface area contributed by atoms with Crippen LogP contribution in [0.15, 0.2) is 12.2 Å². The van der Waals surface area contributed by atoms with Gasteiger partial charge in [-0.25, -0.2) is 0 Å². The number of hydrogen-bond donors (Lipinski definition) is 0. The number of ketones is 1. The van der Waals surface area contributed by atoms with Crippen LogP contribution in [0.4, 0.5) is 0 Å². The summed E-state index contributed by atoms with van der Waals surface area (Å²) >= 11 is 5.97. The first kappa shape index (κ1) is 10.7. The highest BCUT2D eigenvalue weighted by molar-refractivity contribution is 6.37. The van der Waals surface area contributed by atoms with Crippen LogP contribution in [0.1, 0.15) is 27.7 Å². The quantitative estimate of drug-likeness (QED) is 0.475. The lowest BCUT2D eigenvalue weighted by atomic mass is 9.91. The molecule has 1 unspecified atom stereocenters. The number of carbonyl (C=O) groups is 1. The smallest absolute Gasteiger partial charge is 0.160 e. The van der Waals surface area contributed by atoms with Crippen molar-refractivity contribution in [2.75, 3.05) is 0 Å². The van der Waals surface area contributed by atoms with Gasteiger partial charge in [0, 0.05) is 5.92 Å². The SMILES string of the molecule is C=C(C)C(C)(Cl)C(=O)C(C)C. The molecule has 0 heterocycles. The van der Waals surface area contributed by atoms with E-state index >= 15 is 0 Å². The summed E-state index contributed by atoms with van der Waals surface area (Å²) in [6, 6.07) is 0. The fraction of sp³-hybridized carbons (Fsp3) is 0.667. The summed E-state index contributed by atoms with van der Waals surface area (Å²) in [6.45, 7) is 10.8. The molecule has 0 radical (unpaired) electrons. The molecule has 0 bridgehead atoms. The number of allylic oxidation sites excluding steroid dienone is 1. The molecule has 0 rings (SSSR count). The Morgan fingerprint density at radius 1 is 1.55 bits per heavy atom. The molecule has 0 amide bonds. The highest BCUT2D eigenvalue weighted by Crippen LogP contribution is 2.26. The molecule has 11 heavy (non-hydrogen) atoms. The van der Waals surface area contributed by atoms with Gasteiger partial charge in [0.2, 0.25) is 0 Å². The van der Waals surface area contributed by atoms with E-state index < -0.39 is 4.87 Å². The second kappa shape index (κ2) is 3.40. The average molecular weight is 175 g/mol. The Bertz CT molecular complexity index is 180. The van der Waals surface area contributed by atoms with E-state index in [2.05, 4.69) is 6.58 Å². The topological polar surface area (TPSA) is 17.1 Å². The van der Waals surface area contributed by atoms with Gasteiger partial charge in [0.1, 0.15) is 4.87 Å². The molecule has 0 aliphatic carbocycles. The summed E-state index contributed by atoms with van der Waals surface area (Å²) in [5.41, 5.74) is 0.706. The minimum atomic E-state index is -0.881. The van der Waals surface area contributed by atoms with Crippen molar-refractivity contribution in [3.63, 3.8) is 0 Å². The lowest BCUT2D eigenvalue weighted by molar-refractivity contribution is -0.123. The number of alkyl halides is 1. The zero-order chi connectivity index (χ0) is 9.23. The van der Waals surface area contributed by atoms with Crippen LogP contribution in [-0.4, -0.2) is 10.7 Å². The second-order valence-corrected chi connectivity index (χ2v) is 4.06. The Kier molecular flexibility index (Phi) is 3.30. The summed E-state index contributed by atoms with van der Waals surface area (Å²) in [5.74, 6) is 0.000802.